The summed E-state index contributed by atoms with van der Waals surface area (Å²) in [5.41, 5.74) is 1.42. The van der Waals surface area contributed by atoms with Crippen LogP contribution >= 0.6 is 0 Å². The van der Waals surface area contributed by atoms with Gasteiger partial charge in [0.15, 0.2) is 0 Å². The van der Waals surface area contributed by atoms with E-state index in [9.17, 15) is 23.1 Å². The molecule has 27 heavy (non-hydrogen) atoms. The lowest BCUT2D eigenvalue weighted by atomic mass is 9.94. The lowest BCUT2D eigenvalue weighted by Gasteiger charge is -2.13. The number of halogens is 3. The third kappa shape index (κ3) is 3.70. The maximum Gasteiger partial charge on any atom is 0.417 e. The van der Waals surface area contributed by atoms with Crippen molar-refractivity contribution < 1.29 is 23.1 Å². The maximum absolute atomic E-state index is 13.5. The number of aliphatic carboxylic acids is 1. The summed E-state index contributed by atoms with van der Waals surface area (Å²) >= 11 is 0. The Labute approximate surface area is 154 Å². The zero-order valence-corrected chi connectivity index (χ0v) is 15.0. The number of rotatable bonds is 5. The summed E-state index contributed by atoms with van der Waals surface area (Å²) in [6.45, 7) is 4.11. The van der Waals surface area contributed by atoms with E-state index in [1.165, 1.54) is 18.2 Å². The monoisotopic (exact) mass is 375 g/mol. The first kappa shape index (κ1) is 19.0. The predicted molar refractivity (Wildman–Crippen MR) is 98.8 cm³/mol. The lowest BCUT2D eigenvalue weighted by molar-refractivity contribution is -0.137. The normalized spacial score (nSPS) is 13.1. The Morgan fingerprint density at radius 3 is 2.52 bits per heavy atom. The largest absolute Gasteiger partial charge is 0.481 e. The Bertz CT molecular complexity index is 989. The van der Waals surface area contributed by atoms with Crippen molar-refractivity contribution in [2.75, 3.05) is 0 Å². The number of H-pyrrole nitrogens is 1. The van der Waals surface area contributed by atoms with Gasteiger partial charge in [-0.25, -0.2) is 0 Å². The first-order valence-corrected chi connectivity index (χ1v) is 8.75. The molecule has 1 unspecified atom stereocenters. The summed E-state index contributed by atoms with van der Waals surface area (Å²) in [6.07, 6.45) is -3.98. The van der Waals surface area contributed by atoms with Gasteiger partial charge in [0, 0.05) is 16.5 Å². The van der Waals surface area contributed by atoms with Crippen LogP contribution in [0, 0.1) is 0 Å². The summed E-state index contributed by atoms with van der Waals surface area (Å²) in [7, 11) is 0. The molecule has 0 bridgehead atoms. The van der Waals surface area contributed by atoms with Crippen LogP contribution in [0.4, 0.5) is 13.2 Å². The number of nitrogens with one attached hydrogen (secondary N) is 1. The van der Waals surface area contributed by atoms with Crippen molar-refractivity contribution in [1.82, 2.24) is 4.98 Å². The summed E-state index contributed by atoms with van der Waals surface area (Å²) in [5, 5.41) is 9.99. The van der Waals surface area contributed by atoms with Gasteiger partial charge in [0.25, 0.3) is 0 Å². The molecule has 142 valence electrons. The summed E-state index contributed by atoms with van der Waals surface area (Å²) in [4.78, 5) is 14.4. The van der Waals surface area contributed by atoms with Gasteiger partial charge < -0.3 is 10.1 Å². The fourth-order valence-electron chi connectivity index (χ4n) is 3.32. The number of benzene rings is 2. The molecular weight excluding hydrogens is 355 g/mol. The second kappa shape index (κ2) is 7.10. The van der Waals surface area contributed by atoms with Gasteiger partial charge in [0.05, 0.1) is 17.7 Å². The van der Waals surface area contributed by atoms with E-state index in [0.717, 1.165) is 18.1 Å². The molecule has 3 aromatic rings. The van der Waals surface area contributed by atoms with Crippen molar-refractivity contribution in [3.05, 3.63) is 59.2 Å². The van der Waals surface area contributed by atoms with Crippen molar-refractivity contribution >= 4 is 16.9 Å². The molecule has 0 radical (unpaired) electrons. The number of carboxylic acids is 1. The number of hydrogen-bond donors (Lipinski definition) is 2. The second-order valence-electron chi connectivity index (χ2n) is 6.71. The fourth-order valence-corrected chi connectivity index (χ4v) is 3.32. The van der Waals surface area contributed by atoms with Crippen molar-refractivity contribution in [3.8, 4) is 11.3 Å². The molecule has 1 atom stereocenters. The van der Waals surface area contributed by atoms with Crippen LogP contribution in [0.15, 0.2) is 42.5 Å². The number of alkyl halides is 3. The third-order valence-corrected chi connectivity index (χ3v) is 4.94. The van der Waals surface area contributed by atoms with E-state index in [-0.39, 0.29) is 23.6 Å². The van der Waals surface area contributed by atoms with Gasteiger partial charge in [-0.05, 0) is 41.7 Å². The molecule has 0 fully saturated rings. The zero-order valence-electron chi connectivity index (χ0n) is 15.0. The molecule has 0 amide bonds. The lowest BCUT2D eigenvalue weighted by Crippen LogP contribution is -2.08. The summed E-state index contributed by atoms with van der Waals surface area (Å²) in [5.74, 6) is -0.816. The highest BCUT2D eigenvalue weighted by Crippen LogP contribution is 2.40. The Morgan fingerprint density at radius 1 is 1.19 bits per heavy atom. The minimum absolute atomic E-state index is 0.0393. The Hall–Kier alpha value is -2.76. The highest BCUT2D eigenvalue weighted by molar-refractivity contribution is 5.94. The molecule has 1 aromatic heterocycles. The number of fused-ring (bicyclic) bond motifs is 1. The molecule has 2 aromatic carbocycles. The van der Waals surface area contributed by atoms with E-state index in [1.54, 1.807) is 0 Å². The van der Waals surface area contributed by atoms with E-state index in [2.05, 4.69) is 18.8 Å². The van der Waals surface area contributed by atoms with Crippen LogP contribution in [-0.2, 0) is 17.4 Å². The minimum atomic E-state index is -4.53. The molecule has 1 heterocycles. The van der Waals surface area contributed by atoms with Crippen LogP contribution < -0.4 is 0 Å². The van der Waals surface area contributed by atoms with E-state index in [0.29, 0.717) is 16.5 Å². The van der Waals surface area contributed by atoms with Gasteiger partial charge in [0.2, 0.25) is 0 Å². The third-order valence-electron chi connectivity index (χ3n) is 4.94. The van der Waals surface area contributed by atoms with Gasteiger partial charge in [-0.15, -0.1) is 0 Å². The quantitative estimate of drug-likeness (QED) is 0.575. The maximum atomic E-state index is 13.5. The van der Waals surface area contributed by atoms with Gasteiger partial charge >= 0.3 is 12.1 Å². The first-order chi connectivity index (χ1) is 12.7. The second-order valence-corrected chi connectivity index (χ2v) is 6.71. The standard InChI is InChI=1S/C21H20F3NO2/c1-3-12(2)13-8-9-18-15(10-13)16(11-19(26)27)20(25-18)14-6-4-5-7-17(14)21(22,23)24/h4-10,12,25H,3,11H2,1-2H3,(H,26,27). The Kier molecular flexibility index (Phi) is 5.00. The van der Waals surface area contributed by atoms with E-state index >= 15 is 0 Å². The molecule has 0 saturated carbocycles. The molecule has 0 aliphatic carbocycles. The molecule has 0 aliphatic rings. The highest BCUT2D eigenvalue weighted by atomic mass is 19.4. The smallest absolute Gasteiger partial charge is 0.417 e. The van der Waals surface area contributed by atoms with Crippen LogP contribution in [0.5, 0.6) is 0 Å². The molecule has 3 nitrogen and oxygen atoms in total. The average Bonchev–Trinajstić information content (AvgIpc) is 2.97. The number of hydrogen-bond acceptors (Lipinski definition) is 1. The average molecular weight is 375 g/mol. The summed E-state index contributed by atoms with van der Waals surface area (Å²) in [6, 6.07) is 10.8. The van der Waals surface area contributed by atoms with Crippen LogP contribution in [0.25, 0.3) is 22.2 Å². The number of carboxylic acid groups (broad SMARTS) is 1. The van der Waals surface area contributed by atoms with Crippen LogP contribution in [-0.4, -0.2) is 16.1 Å². The van der Waals surface area contributed by atoms with Gasteiger partial charge in [-0.2, -0.15) is 13.2 Å². The fraction of sp³-hybridized carbons (Fsp3) is 0.286. The van der Waals surface area contributed by atoms with Crippen LogP contribution in [0.2, 0.25) is 0 Å². The highest BCUT2D eigenvalue weighted by Gasteiger charge is 2.34. The van der Waals surface area contributed by atoms with Crippen LogP contribution in [0.3, 0.4) is 0 Å². The number of aromatic nitrogens is 1. The molecule has 2 N–H and O–H groups in total. The topological polar surface area (TPSA) is 53.1 Å². The SMILES string of the molecule is CCC(C)c1ccc2[nH]c(-c3ccccc3C(F)(F)F)c(CC(=O)O)c2c1. The van der Waals surface area contributed by atoms with Crippen molar-refractivity contribution in [1.29, 1.82) is 0 Å². The molecule has 0 saturated heterocycles. The van der Waals surface area contributed by atoms with Gasteiger partial charge in [-0.3, -0.25) is 4.79 Å². The molecular formula is C21H20F3NO2. The predicted octanol–water partition coefficient (Wildman–Crippen LogP) is 5.99. The van der Waals surface area contributed by atoms with E-state index < -0.39 is 17.7 Å². The molecule has 3 rings (SSSR count). The first-order valence-electron chi connectivity index (χ1n) is 8.75. The summed E-state index contributed by atoms with van der Waals surface area (Å²) < 4.78 is 40.4. The Balaban J connectivity index is 2.29. The van der Waals surface area contributed by atoms with E-state index in [4.69, 9.17) is 0 Å². The molecule has 0 spiro atoms. The van der Waals surface area contributed by atoms with Crippen LogP contribution in [0.1, 0.15) is 42.9 Å². The van der Waals surface area contributed by atoms with Crippen molar-refractivity contribution in [2.24, 2.45) is 0 Å². The minimum Gasteiger partial charge on any atom is -0.481 e. The van der Waals surface area contributed by atoms with Gasteiger partial charge in [-0.1, -0.05) is 38.1 Å². The van der Waals surface area contributed by atoms with Crippen molar-refractivity contribution in [3.63, 3.8) is 0 Å². The van der Waals surface area contributed by atoms with Gasteiger partial charge in [0.1, 0.15) is 0 Å². The zero-order chi connectivity index (χ0) is 19.8. The number of aromatic amines is 1. The molecule has 6 heteroatoms. The van der Waals surface area contributed by atoms with E-state index in [1.807, 2.05) is 18.2 Å². The van der Waals surface area contributed by atoms with Crippen molar-refractivity contribution in [2.45, 2.75) is 38.8 Å². The number of carbonyl (C=O) groups is 1. The molecule has 0 aliphatic heterocycles. The Morgan fingerprint density at radius 2 is 1.89 bits per heavy atom.